The Balaban J connectivity index is 2.14. The summed E-state index contributed by atoms with van der Waals surface area (Å²) in [5.41, 5.74) is 9.59. The van der Waals surface area contributed by atoms with Crippen LogP contribution in [-0.4, -0.2) is 13.2 Å². The first-order valence-corrected chi connectivity index (χ1v) is 6.70. The molecule has 0 radical (unpaired) electrons. The third-order valence-corrected chi connectivity index (χ3v) is 4.80. The van der Waals surface area contributed by atoms with Crippen molar-refractivity contribution >= 4 is 0 Å². The van der Waals surface area contributed by atoms with Crippen LogP contribution in [0.3, 0.4) is 0 Å². The van der Waals surface area contributed by atoms with E-state index < -0.39 is 0 Å². The fraction of sp³-hybridized carbons (Fsp3) is 0.600. The van der Waals surface area contributed by atoms with E-state index in [1.807, 2.05) is 0 Å². The Bertz CT molecular complexity index is 421. The number of ether oxygens (including phenoxy) is 1. The largest absolute Gasteiger partial charge is 0.496 e. The van der Waals surface area contributed by atoms with Gasteiger partial charge in [-0.25, -0.2) is 0 Å². The Hall–Kier alpha value is -1.02. The number of benzene rings is 1. The second kappa shape index (κ2) is 4.02. The third kappa shape index (κ3) is 1.50. The molecule has 0 heterocycles. The van der Waals surface area contributed by atoms with E-state index in [2.05, 4.69) is 18.2 Å². The summed E-state index contributed by atoms with van der Waals surface area (Å²) in [7, 11) is 1.77. The quantitative estimate of drug-likeness (QED) is 0.806. The summed E-state index contributed by atoms with van der Waals surface area (Å²) in [6.45, 7) is 0. The predicted molar refractivity (Wildman–Crippen MR) is 69.4 cm³/mol. The highest BCUT2D eigenvalue weighted by Gasteiger charge is 2.44. The van der Waals surface area contributed by atoms with Gasteiger partial charge < -0.3 is 10.5 Å². The van der Waals surface area contributed by atoms with Crippen molar-refractivity contribution in [1.29, 1.82) is 0 Å². The lowest BCUT2D eigenvalue weighted by Gasteiger charge is -2.41. The molecule has 0 aliphatic heterocycles. The summed E-state index contributed by atoms with van der Waals surface area (Å²) in [6, 6.07) is 6.82. The van der Waals surface area contributed by atoms with E-state index in [9.17, 15) is 0 Å². The lowest BCUT2D eigenvalue weighted by Crippen LogP contribution is -2.47. The van der Waals surface area contributed by atoms with Gasteiger partial charge in [0.1, 0.15) is 5.75 Å². The Kier molecular flexibility index (Phi) is 2.62. The lowest BCUT2D eigenvalue weighted by molar-refractivity contribution is 0.306. The maximum Gasteiger partial charge on any atom is 0.122 e. The average Bonchev–Trinajstić information content (AvgIpc) is 2.84. The van der Waals surface area contributed by atoms with Crippen molar-refractivity contribution in [1.82, 2.24) is 0 Å². The second-order valence-electron chi connectivity index (χ2n) is 5.49. The molecule has 1 fully saturated rings. The fourth-order valence-electron chi connectivity index (χ4n) is 3.90. The van der Waals surface area contributed by atoms with Crippen molar-refractivity contribution in [2.75, 3.05) is 7.11 Å². The maximum absolute atomic E-state index is 6.44. The van der Waals surface area contributed by atoms with Crippen molar-refractivity contribution in [3.05, 3.63) is 29.3 Å². The van der Waals surface area contributed by atoms with Gasteiger partial charge in [0.25, 0.3) is 0 Å². The minimum atomic E-state index is 0.252. The average molecular weight is 231 g/mol. The van der Waals surface area contributed by atoms with Crippen LogP contribution in [0.1, 0.15) is 43.2 Å². The normalized spacial score (nSPS) is 25.9. The predicted octanol–water partition coefficient (Wildman–Crippen LogP) is 2.78. The van der Waals surface area contributed by atoms with Crippen LogP contribution < -0.4 is 10.5 Å². The summed E-state index contributed by atoms with van der Waals surface area (Å²) >= 11 is 0. The highest BCUT2D eigenvalue weighted by molar-refractivity contribution is 5.47. The summed E-state index contributed by atoms with van der Waals surface area (Å²) in [5.74, 6) is 1.06. The topological polar surface area (TPSA) is 35.2 Å². The van der Waals surface area contributed by atoms with Gasteiger partial charge in [-0.2, -0.15) is 0 Å². The van der Waals surface area contributed by atoms with Crippen LogP contribution in [0.5, 0.6) is 5.75 Å². The van der Waals surface area contributed by atoms with E-state index in [1.165, 1.54) is 36.8 Å². The molecule has 1 spiro atoms. The Labute approximate surface area is 103 Å². The molecular weight excluding hydrogens is 210 g/mol. The van der Waals surface area contributed by atoms with E-state index in [0.717, 1.165) is 18.6 Å². The molecule has 3 rings (SSSR count). The standard InChI is InChI=1S/C15H21NO/c1-17-13-6-4-5-12-11(13)7-8-14(16)15(12)9-2-3-10-15/h4-6,14H,2-3,7-10,16H2,1H3. The Morgan fingerprint density at radius 3 is 2.76 bits per heavy atom. The molecule has 1 saturated carbocycles. The maximum atomic E-state index is 6.44. The molecule has 0 bridgehead atoms. The minimum Gasteiger partial charge on any atom is -0.496 e. The zero-order valence-corrected chi connectivity index (χ0v) is 10.5. The molecule has 2 N–H and O–H groups in total. The molecule has 0 saturated heterocycles. The van der Waals surface area contributed by atoms with E-state index in [-0.39, 0.29) is 5.41 Å². The van der Waals surface area contributed by atoms with Gasteiger partial charge >= 0.3 is 0 Å². The van der Waals surface area contributed by atoms with Crippen molar-refractivity contribution in [2.24, 2.45) is 5.73 Å². The van der Waals surface area contributed by atoms with Crippen LogP contribution in [0.2, 0.25) is 0 Å². The van der Waals surface area contributed by atoms with Crippen LogP contribution in [0, 0.1) is 0 Å². The molecule has 2 nitrogen and oxygen atoms in total. The van der Waals surface area contributed by atoms with Crippen LogP contribution in [0.25, 0.3) is 0 Å². The molecule has 17 heavy (non-hydrogen) atoms. The first-order valence-electron chi connectivity index (χ1n) is 6.70. The van der Waals surface area contributed by atoms with Crippen LogP contribution in [-0.2, 0) is 11.8 Å². The van der Waals surface area contributed by atoms with Crippen LogP contribution in [0.4, 0.5) is 0 Å². The summed E-state index contributed by atoms with van der Waals surface area (Å²) in [6.07, 6.45) is 7.34. The van der Waals surface area contributed by atoms with Gasteiger partial charge in [0.05, 0.1) is 7.11 Å². The van der Waals surface area contributed by atoms with E-state index in [1.54, 1.807) is 7.11 Å². The molecule has 2 heteroatoms. The van der Waals surface area contributed by atoms with Crippen molar-refractivity contribution < 1.29 is 4.74 Å². The van der Waals surface area contributed by atoms with Crippen LogP contribution >= 0.6 is 0 Å². The first kappa shape index (κ1) is 11.1. The minimum absolute atomic E-state index is 0.252. The lowest BCUT2D eigenvalue weighted by atomic mass is 9.66. The van der Waals surface area contributed by atoms with Crippen molar-refractivity contribution in [3.8, 4) is 5.75 Å². The van der Waals surface area contributed by atoms with Gasteiger partial charge in [-0.15, -0.1) is 0 Å². The second-order valence-corrected chi connectivity index (χ2v) is 5.49. The molecule has 1 aromatic rings. The summed E-state index contributed by atoms with van der Waals surface area (Å²) in [5, 5.41) is 0. The number of hydrogen-bond donors (Lipinski definition) is 1. The molecule has 1 unspecified atom stereocenters. The monoisotopic (exact) mass is 231 g/mol. The molecule has 2 aliphatic rings. The smallest absolute Gasteiger partial charge is 0.122 e. The van der Waals surface area contributed by atoms with Crippen molar-refractivity contribution in [3.63, 3.8) is 0 Å². The van der Waals surface area contributed by atoms with Crippen LogP contribution in [0.15, 0.2) is 18.2 Å². The molecule has 92 valence electrons. The first-order chi connectivity index (χ1) is 8.28. The Morgan fingerprint density at radius 1 is 1.29 bits per heavy atom. The highest BCUT2D eigenvalue weighted by atomic mass is 16.5. The van der Waals surface area contributed by atoms with E-state index in [0.29, 0.717) is 6.04 Å². The fourth-order valence-corrected chi connectivity index (χ4v) is 3.90. The molecule has 0 aromatic heterocycles. The number of methoxy groups -OCH3 is 1. The van der Waals surface area contributed by atoms with Gasteiger partial charge in [0.2, 0.25) is 0 Å². The number of rotatable bonds is 1. The summed E-state index contributed by atoms with van der Waals surface area (Å²) < 4.78 is 5.51. The van der Waals surface area contributed by atoms with Gasteiger partial charge in [-0.3, -0.25) is 0 Å². The third-order valence-electron chi connectivity index (χ3n) is 4.80. The molecule has 0 amide bonds. The number of hydrogen-bond acceptors (Lipinski definition) is 2. The van der Waals surface area contributed by atoms with Gasteiger partial charge in [-0.1, -0.05) is 25.0 Å². The van der Waals surface area contributed by atoms with Gasteiger partial charge in [0.15, 0.2) is 0 Å². The zero-order chi connectivity index (χ0) is 11.9. The number of nitrogens with two attached hydrogens (primary N) is 1. The molecule has 1 aromatic carbocycles. The van der Waals surface area contributed by atoms with Gasteiger partial charge in [0, 0.05) is 11.5 Å². The molecule has 2 aliphatic carbocycles. The van der Waals surface area contributed by atoms with E-state index in [4.69, 9.17) is 10.5 Å². The zero-order valence-electron chi connectivity index (χ0n) is 10.5. The van der Waals surface area contributed by atoms with E-state index >= 15 is 0 Å². The summed E-state index contributed by atoms with van der Waals surface area (Å²) in [4.78, 5) is 0. The number of fused-ring (bicyclic) bond motifs is 2. The molecule has 1 atom stereocenters. The highest BCUT2D eigenvalue weighted by Crippen LogP contribution is 2.49. The Morgan fingerprint density at radius 2 is 2.06 bits per heavy atom. The van der Waals surface area contributed by atoms with Gasteiger partial charge in [-0.05, 0) is 42.9 Å². The SMILES string of the molecule is COc1cccc2c1CCC(N)C21CCCC1. The molecular formula is C15H21NO. The van der Waals surface area contributed by atoms with Crippen molar-refractivity contribution in [2.45, 2.75) is 50.0 Å².